The number of carbonyl (C=O) groups excluding carboxylic acids is 1. The van der Waals surface area contributed by atoms with Gasteiger partial charge in [0.25, 0.3) is 5.91 Å². The van der Waals surface area contributed by atoms with Crippen LogP contribution >= 0.6 is 0 Å². The number of benzene rings is 2. The first-order chi connectivity index (χ1) is 12.0. The Morgan fingerprint density at radius 2 is 2.04 bits per heavy atom. The minimum absolute atomic E-state index is 0.0464. The number of likely N-dealkylation sites (tertiary alicyclic amines) is 1. The fraction of sp³-hybridized carbons (Fsp3) is 0.278. The second-order valence-electron chi connectivity index (χ2n) is 5.91. The quantitative estimate of drug-likeness (QED) is 0.681. The van der Waals surface area contributed by atoms with Crippen LogP contribution in [0.25, 0.3) is 0 Å². The van der Waals surface area contributed by atoms with Gasteiger partial charge in [0.2, 0.25) is 5.75 Å². The predicted molar refractivity (Wildman–Crippen MR) is 91.0 cm³/mol. The van der Waals surface area contributed by atoms with Gasteiger partial charge in [-0.05, 0) is 24.1 Å². The van der Waals surface area contributed by atoms with Gasteiger partial charge in [-0.25, -0.2) is 0 Å². The molecule has 1 heterocycles. The van der Waals surface area contributed by atoms with E-state index in [1.165, 1.54) is 18.2 Å². The molecule has 2 aromatic carbocycles. The monoisotopic (exact) mass is 342 g/mol. The highest BCUT2D eigenvalue weighted by Crippen LogP contribution is 2.36. The highest BCUT2D eigenvalue weighted by atomic mass is 16.6. The first kappa shape index (κ1) is 16.8. The van der Waals surface area contributed by atoms with Crippen molar-refractivity contribution in [2.45, 2.75) is 12.3 Å². The van der Waals surface area contributed by atoms with Gasteiger partial charge in [0.05, 0.1) is 17.6 Å². The molecule has 1 aliphatic heterocycles. The molecule has 0 aliphatic carbocycles. The number of nitrogens with zero attached hydrogens (tertiary/aromatic N) is 2. The number of carbonyl (C=O) groups is 1. The van der Waals surface area contributed by atoms with Crippen molar-refractivity contribution in [2.75, 3.05) is 20.2 Å². The summed E-state index contributed by atoms with van der Waals surface area (Å²) in [5, 5.41) is 21.0. The summed E-state index contributed by atoms with van der Waals surface area (Å²) in [4.78, 5) is 24.5. The van der Waals surface area contributed by atoms with Crippen molar-refractivity contribution >= 4 is 11.6 Å². The van der Waals surface area contributed by atoms with Gasteiger partial charge in [-0.2, -0.15) is 0 Å². The third kappa shape index (κ3) is 3.13. The van der Waals surface area contributed by atoms with Crippen molar-refractivity contribution < 1.29 is 19.6 Å². The van der Waals surface area contributed by atoms with Crippen LogP contribution < -0.4 is 4.74 Å². The number of rotatable bonds is 4. The molecule has 3 rings (SSSR count). The van der Waals surface area contributed by atoms with Crippen LogP contribution in [0.2, 0.25) is 0 Å². The molecule has 1 aliphatic rings. The Labute approximate surface area is 144 Å². The van der Waals surface area contributed by atoms with Crippen LogP contribution in [0.3, 0.4) is 0 Å². The average molecular weight is 342 g/mol. The lowest BCUT2D eigenvalue weighted by molar-refractivity contribution is -0.385. The summed E-state index contributed by atoms with van der Waals surface area (Å²) < 4.78 is 5.38. The molecule has 7 heteroatoms. The van der Waals surface area contributed by atoms with E-state index in [0.717, 1.165) is 17.7 Å². The fourth-order valence-corrected chi connectivity index (χ4v) is 3.22. The van der Waals surface area contributed by atoms with Crippen LogP contribution in [-0.2, 0) is 0 Å². The minimum atomic E-state index is -0.701. The number of nitro groups is 1. The molecular formula is C18H18N2O5. The summed E-state index contributed by atoms with van der Waals surface area (Å²) in [7, 11) is 1.61. The molecule has 1 fully saturated rings. The van der Waals surface area contributed by atoms with E-state index >= 15 is 0 Å². The maximum Gasteiger partial charge on any atom is 0.311 e. The zero-order chi connectivity index (χ0) is 18.0. The van der Waals surface area contributed by atoms with Gasteiger partial charge in [-0.15, -0.1) is 0 Å². The summed E-state index contributed by atoms with van der Waals surface area (Å²) in [5.74, 6) is -0.0854. The molecule has 0 spiro atoms. The van der Waals surface area contributed by atoms with Gasteiger partial charge >= 0.3 is 5.69 Å². The minimum Gasteiger partial charge on any atom is -0.502 e. The average Bonchev–Trinajstić information content (AvgIpc) is 3.11. The third-order valence-electron chi connectivity index (χ3n) is 4.50. The molecule has 25 heavy (non-hydrogen) atoms. The molecule has 0 aromatic heterocycles. The van der Waals surface area contributed by atoms with Crippen LogP contribution in [0.4, 0.5) is 5.69 Å². The number of hydrogen-bond acceptors (Lipinski definition) is 5. The standard InChI is InChI=1S/C18H18N2O5/c1-25-16-8-3-2-5-13(16)12-9-10-19(11-12)18(22)14-6-4-7-15(17(14)21)20(23)24/h2-8,12,21H,9-11H2,1H3. The smallest absolute Gasteiger partial charge is 0.311 e. The molecule has 1 N–H and O–H groups in total. The lowest BCUT2D eigenvalue weighted by atomic mass is 9.97. The Balaban J connectivity index is 1.82. The van der Waals surface area contributed by atoms with Gasteiger partial charge in [0.1, 0.15) is 5.75 Å². The molecule has 1 saturated heterocycles. The van der Waals surface area contributed by atoms with Crippen LogP contribution in [0.1, 0.15) is 28.3 Å². The summed E-state index contributed by atoms with van der Waals surface area (Å²) in [6.07, 6.45) is 0.766. The molecule has 1 atom stereocenters. The summed E-state index contributed by atoms with van der Waals surface area (Å²) in [6.45, 7) is 0.991. The second-order valence-corrected chi connectivity index (χ2v) is 5.91. The molecule has 130 valence electrons. The normalized spacial score (nSPS) is 16.7. The Morgan fingerprint density at radius 1 is 1.28 bits per heavy atom. The molecule has 2 aromatic rings. The summed E-state index contributed by atoms with van der Waals surface area (Å²) in [5.41, 5.74) is 0.518. The van der Waals surface area contributed by atoms with E-state index in [4.69, 9.17) is 4.74 Å². The second kappa shape index (κ2) is 6.80. The van der Waals surface area contributed by atoms with Crippen molar-refractivity contribution in [3.8, 4) is 11.5 Å². The molecule has 0 bridgehead atoms. The van der Waals surface area contributed by atoms with E-state index in [-0.39, 0.29) is 11.5 Å². The van der Waals surface area contributed by atoms with E-state index in [2.05, 4.69) is 0 Å². The number of phenols is 1. The highest BCUT2D eigenvalue weighted by Gasteiger charge is 2.32. The molecule has 0 radical (unpaired) electrons. The Bertz CT molecular complexity index is 821. The van der Waals surface area contributed by atoms with E-state index in [1.54, 1.807) is 12.0 Å². The fourth-order valence-electron chi connectivity index (χ4n) is 3.22. The van der Waals surface area contributed by atoms with E-state index in [1.807, 2.05) is 24.3 Å². The zero-order valence-corrected chi connectivity index (χ0v) is 13.7. The van der Waals surface area contributed by atoms with Gasteiger partial charge in [-0.3, -0.25) is 14.9 Å². The topological polar surface area (TPSA) is 92.9 Å². The lowest BCUT2D eigenvalue weighted by Gasteiger charge is -2.18. The molecule has 1 amide bonds. The molecule has 7 nitrogen and oxygen atoms in total. The first-order valence-electron chi connectivity index (χ1n) is 7.91. The van der Waals surface area contributed by atoms with Gasteiger partial charge < -0.3 is 14.7 Å². The zero-order valence-electron chi connectivity index (χ0n) is 13.7. The molecule has 1 unspecified atom stereocenters. The van der Waals surface area contributed by atoms with E-state index in [0.29, 0.717) is 13.1 Å². The van der Waals surface area contributed by atoms with Crippen molar-refractivity contribution in [3.05, 3.63) is 63.7 Å². The van der Waals surface area contributed by atoms with Crippen molar-refractivity contribution in [3.63, 3.8) is 0 Å². The third-order valence-corrected chi connectivity index (χ3v) is 4.50. The molecular weight excluding hydrogens is 324 g/mol. The Kier molecular flexibility index (Phi) is 4.56. The molecule has 0 saturated carbocycles. The lowest BCUT2D eigenvalue weighted by Crippen LogP contribution is -2.28. The van der Waals surface area contributed by atoms with Crippen molar-refractivity contribution in [2.24, 2.45) is 0 Å². The highest BCUT2D eigenvalue weighted by molar-refractivity contribution is 5.98. The number of amides is 1. The van der Waals surface area contributed by atoms with Crippen molar-refractivity contribution in [1.82, 2.24) is 4.90 Å². The number of methoxy groups -OCH3 is 1. The maximum atomic E-state index is 12.7. The number of nitro benzene ring substituents is 1. The summed E-state index contributed by atoms with van der Waals surface area (Å²) >= 11 is 0. The number of phenolic OH excluding ortho intramolecular Hbond substituents is 1. The van der Waals surface area contributed by atoms with Gasteiger partial charge in [0.15, 0.2) is 0 Å². The van der Waals surface area contributed by atoms with E-state index in [9.17, 15) is 20.0 Å². The van der Waals surface area contributed by atoms with Crippen molar-refractivity contribution in [1.29, 1.82) is 0 Å². The predicted octanol–water partition coefficient (Wildman–Crippen LogP) is 2.94. The largest absolute Gasteiger partial charge is 0.502 e. The van der Waals surface area contributed by atoms with Crippen LogP contribution in [0, 0.1) is 10.1 Å². The van der Waals surface area contributed by atoms with Gasteiger partial charge in [-0.1, -0.05) is 24.3 Å². The Hall–Kier alpha value is -3.09. The van der Waals surface area contributed by atoms with Crippen LogP contribution in [-0.4, -0.2) is 41.0 Å². The SMILES string of the molecule is COc1ccccc1C1CCN(C(=O)c2cccc([N+](=O)[O-])c2O)C1. The maximum absolute atomic E-state index is 12.7. The van der Waals surface area contributed by atoms with Crippen LogP contribution in [0.15, 0.2) is 42.5 Å². The van der Waals surface area contributed by atoms with E-state index < -0.39 is 22.3 Å². The van der Waals surface area contributed by atoms with Crippen LogP contribution in [0.5, 0.6) is 11.5 Å². The number of ether oxygens (including phenoxy) is 1. The number of aromatic hydroxyl groups is 1. The summed E-state index contributed by atoms with van der Waals surface area (Å²) in [6, 6.07) is 11.7. The number of para-hydroxylation sites is 2. The number of hydrogen-bond donors (Lipinski definition) is 1. The van der Waals surface area contributed by atoms with Gasteiger partial charge in [0, 0.05) is 25.1 Å². The first-order valence-corrected chi connectivity index (χ1v) is 7.91. The Morgan fingerprint density at radius 3 is 2.76 bits per heavy atom.